The van der Waals surface area contributed by atoms with Gasteiger partial charge in [-0.15, -0.1) is 11.8 Å². The van der Waals surface area contributed by atoms with Gasteiger partial charge in [0.1, 0.15) is 23.4 Å². The highest BCUT2D eigenvalue weighted by Crippen LogP contribution is 2.59. The number of Topliss-reactive ketones (excluding diaryl/α,β-unsaturated/α-hetero) is 1. The summed E-state index contributed by atoms with van der Waals surface area (Å²) in [5.74, 6) is -0.444. The summed E-state index contributed by atoms with van der Waals surface area (Å²) >= 11 is 1.28. The molecule has 39 heavy (non-hydrogen) atoms. The molecule has 1 aliphatic carbocycles. The molecule has 4 rings (SSSR count). The summed E-state index contributed by atoms with van der Waals surface area (Å²) in [4.78, 5) is 38.4. The van der Waals surface area contributed by atoms with E-state index in [1.807, 2.05) is 32.9 Å². The molecule has 2 amide bonds. The lowest BCUT2D eigenvalue weighted by molar-refractivity contribution is -0.124. The van der Waals surface area contributed by atoms with E-state index in [1.54, 1.807) is 19.2 Å². The van der Waals surface area contributed by atoms with E-state index in [9.17, 15) is 14.4 Å². The molecule has 214 valence electrons. The zero-order valence-electron chi connectivity index (χ0n) is 24.0. The monoisotopic (exact) mass is 559 g/mol. The number of benzene rings is 1. The topological polar surface area (TPSA) is 107 Å². The number of methoxy groups -OCH3 is 1. The van der Waals surface area contributed by atoms with E-state index >= 15 is 0 Å². The van der Waals surface area contributed by atoms with Crippen molar-refractivity contribution in [2.75, 3.05) is 19.5 Å². The van der Waals surface area contributed by atoms with Crippen molar-refractivity contribution in [1.29, 1.82) is 0 Å². The second-order valence-electron chi connectivity index (χ2n) is 12.3. The molecular formula is C30H41NO7S. The Bertz CT molecular complexity index is 1120. The number of rotatable bonds is 9. The first kappa shape index (κ1) is 29.8. The van der Waals surface area contributed by atoms with Crippen LogP contribution in [0.15, 0.2) is 40.8 Å². The average Bonchev–Trinajstić information content (AvgIpc) is 3.78. The number of ketones is 1. The van der Waals surface area contributed by atoms with E-state index < -0.39 is 35.2 Å². The molecule has 1 N–H and O–H groups in total. The number of carbonyl (C=O) groups is 3. The highest BCUT2D eigenvalue weighted by atomic mass is 32.2. The van der Waals surface area contributed by atoms with Crippen molar-refractivity contribution in [2.45, 2.75) is 95.2 Å². The lowest BCUT2D eigenvalue weighted by Gasteiger charge is -2.42. The quantitative estimate of drug-likeness (QED) is 0.187. The molecule has 8 nitrogen and oxygen atoms in total. The predicted molar refractivity (Wildman–Crippen MR) is 149 cm³/mol. The largest absolute Gasteiger partial charge is 0.443 e. The summed E-state index contributed by atoms with van der Waals surface area (Å²) < 4.78 is 23.8. The Balaban J connectivity index is 1.30. The molecule has 1 saturated carbocycles. The Kier molecular flexibility index (Phi) is 8.67. The molecule has 2 heterocycles. The van der Waals surface area contributed by atoms with Gasteiger partial charge in [0, 0.05) is 23.0 Å². The third-order valence-corrected chi connectivity index (χ3v) is 8.92. The lowest BCUT2D eigenvalue weighted by Crippen LogP contribution is -2.56. The number of hydrogen-bond acceptors (Lipinski definition) is 8. The van der Waals surface area contributed by atoms with Crippen molar-refractivity contribution >= 4 is 29.5 Å². The van der Waals surface area contributed by atoms with Crippen molar-refractivity contribution in [2.24, 2.45) is 11.3 Å². The predicted octanol–water partition coefficient (Wildman–Crippen LogP) is 5.34. The number of imide groups is 1. The highest BCUT2D eigenvalue weighted by Gasteiger charge is 2.72. The van der Waals surface area contributed by atoms with Crippen molar-refractivity contribution in [1.82, 2.24) is 5.32 Å². The first-order valence-electron chi connectivity index (χ1n) is 13.5. The zero-order valence-corrected chi connectivity index (χ0v) is 24.8. The minimum atomic E-state index is -0.784. The van der Waals surface area contributed by atoms with Crippen LogP contribution in [0.3, 0.4) is 0 Å². The Morgan fingerprint density at radius 2 is 1.85 bits per heavy atom. The van der Waals surface area contributed by atoms with Gasteiger partial charge in [-0.2, -0.15) is 0 Å². The van der Waals surface area contributed by atoms with Crippen LogP contribution in [0, 0.1) is 11.3 Å². The fourth-order valence-electron chi connectivity index (χ4n) is 5.67. The summed E-state index contributed by atoms with van der Waals surface area (Å²) in [7, 11) is 1.62. The molecule has 0 unspecified atom stereocenters. The summed E-state index contributed by atoms with van der Waals surface area (Å²) in [5, 5.41) is 2.34. The molecule has 3 aliphatic rings. The van der Waals surface area contributed by atoms with Crippen LogP contribution in [0.2, 0.25) is 0 Å². The van der Waals surface area contributed by atoms with E-state index in [2.05, 4.69) is 32.2 Å². The van der Waals surface area contributed by atoms with Gasteiger partial charge < -0.3 is 18.9 Å². The van der Waals surface area contributed by atoms with Crippen LogP contribution in [0.1, 0.15) is 71.2 Å². The molecule has 1 spiro atoms. The first-order valence-corrected chi connectivity index (χ1v) is 14.5. The second-order valence-corrected chi connectivity index (χ2v) is 13.3. The molecule has 1 aromatic carbocycles. The second kappa shape index (κ2) is 11.4. The fourth-order valence-corrected chi connectivity index (χ4v) is 6.37. The van der Waals surface area contributed by atoms with Crippen LogP contribution < -0.4 is 5.32 Å². The number of epoxide rings is 2. The zero-order chi connectivity index (χ0) is 28.6. The molecular weight excluding hydrogens is 518 g/mol. The number of amides is 2. The van der Waals surface area contributed by atoms with E-state index in [4.69, 9.17) is 18.9 Å². The lowest BCUT2D eigenvalue weighted by atomic mass is 9.68. The van der Waals surface area contributed by atoms with Gasteiger partial charge >= 0.3 is 6.09 Å². The maximum Gasteiger partial charge on any atom is 0.414 e. The fraction of sp³-hybridized carbons (Fsp3) is 0.633. The van der Waals surface area contributed by atoms with Crippen LogP contribution in [0.5, 0.6) is 0 Å². The molecule has 2 saturated heterocycles. The normalized spacial score (nSPS) is 31.4. The number of hydrogen-bond donors (Lipinski definition) is 1. The maximum absolute atomic E-state index is 12.7. The summed E-state index contributed by atoms with van der Waals surface area (Å²) in [6.45, 7) is 12.5. The van der Waals surface area contributed by atoms with Crippen molar-refractivity contribution in [3.8, 4) is 0 Å². The first-order chi connectivity index (χ1) is 18.3. The third-order valence-electron chi connectivity index (χ3n) is 7.90. The minimum absolute atomic E-state index is 0.0393. The molecule has 9 heteroatoms. The van der Waals surface area contributed by atoms with Crippen molar-refractivity contribution < 1.29 is 33.3 Å². The van der Waals surface area contributed by atoms with Crippen molar-refractivity contribution in [3.05, 3.63) is 41.5 Å². The maximum atomic E-state index is 12.7. The number of thioether (sulfide) groups is 1. The molecule has 1 aromatic rings. The van der Waals surface area contributed by atoms with E-state index in [0.717, 1.165) is 17.7 Å². The van der Waals surface area contributed by atoms with Gasteiger partial charge in [0.15, 0.2) is 5.78 Å². The standard InChI is InChI=1S/C30H41NO7S/c1-18(2)8-13-22-29(6,38-22)25-24(35-7)21(14-15-30(25)17-36-30)37-27(34)31-23(32)16-39-20-11-9-19(10-12-20)26(33)28(3,4)5/h8-12,21-22,24-25H,13-17H2,1-7H3,(H,31,32,34)/t21-,22-,24-,25-,29+,30+/m1/s1. The summed E-state index contributed by atoms with van der Waals surface area (Å²) in [6, 6.07) is 7.14. The van der Waals surface area contributed by atoms with E-state index in [1.165, 1.54) is 17.3 Å². The molecule has 2 aliphatic heterocycles. The van der Waals surface area contributed by atoms with Crippen LogP contribution >= 0.6 is 11.8 Å². The van der Waals surface area contributed by atoms with Crippen LogP contribution in [-0.2, 0) is 23.7 Å². The number of alkyl carbamates (subject to hydrolysis) is 1. The van der Waals surface area contributed by atoms with E-state index in [0.29, 0.717) is 18.6 Å². The summed E-state index contributed by atoms with van der Waals surface area (Å²) in [6.07, 6.45) is 2.65. The Morgan fingerprint density at radius 1 is 1.18 bits per heavy atom. The Labute approximate surface area is 235 Å². The number of ether oxygens (including phenoxy) is 4. The molecule has 0 aromatic heterocycles. The van der Waals surface area contributed by atoms with Crippen LogP contribution in [0.25, 0.3) is 0 Å². The SMILES string of the molecule is CO[C@@H]1[C@H](OC(=O)NC(=O)CSc2ccc(C(=O)C(C)(C)C)cc2)CC[C@]2(CO2)[C@H]1[C@@]1(C)O[C@@H]1CC=C(C)C. The molecule has 0 bridgehead atoms. The number of carbonyl (C=O) groups excluding carboxylic acids is 3. The van der Waals surface area contributed by atoms with Gasteiger partial charge in [-0.05, 0) is 52.2 Å². The highest BCUT2D eigenvalue weighted by molar-refractivity contribution is 8.00. The Morgan fingerprint density at radius 3 is 2.41 bits per heavy atom. The summed E-state index contributed by atoms with van der Waals surface area (Å²) in [5.41, 5.74) is 0.667. The van der Waals surface area contributed by atoms with Gasteiger partial charge in [-0.1, -0.05) is 44.6 Å². The van der Waals surface area contributed by atoms with Crippen LogP contribution in [-0.4, -0.2) is 66.8 Å². The number of allylic oxidation sites excluding steroid dienone is 1. The smallest absolute Gasteiger partial charge is 0.414 e. The van der Waals surface area contributed by atoms with Crippen molar-refractivity contribution in [3.63, 3.8) is 0 Å². The van der Waals surface area contributed by atoms with Gasteiger partial charge in [0.25, 0.3) is 0 Å². The van der Waals surface area contributed by atoms with Gasteiger partial charge in [-0.3, -0.25) is 14.9 Å². The van der Waals surface area contributed by atoms with Gasteiger partial charge in [0.2, 0.25) is 5.91 Å². The Hall–Kier alpha value is -2.20. The number of nitrogens with one attached hydrogen (secondary N) is 1. The molecule has 3 fully saturated rings. The van der Waals surface area contributed by atoms with Crippen LogP contribution in [0.4, 0.5) is 4.79 Å². The molecule has 6 atom stereocenters. The minimum Gasteiger partial charge on any atom is -0.443 e. The third kappa shape index (κ3) is 6.76. The van der Waals surface area contributed by atoms with Gasteiger partial charge in [0.05, 0.1) is 24.4 Å². The average molecular weight is 560 g/mol. The molecule has 0 radical (unpaired) electrons. The van der Waals surface area contributed by atoms with E-state index in [-0.39, 0.29) is 29.2 Å². The van der Waals surface area contributed by atoms with Gasteiger partial charge in [-0.25, -0.2) is 4.79 Å².